The van der Waals surface area contributed by atoms with E-state index in [2.05, 4.69) is 4.98 Å². The summed E-state index contributed by atoms with van der Waals surface area (Å²) in [7, 11) is 0. The van der Waals surface area contributed by atoms with Crippen LogP contribution >= 0.6 is 0 Å². The summed E-state index contributed by atoms with van der Waals surface area (Å²) in [6.07, 6.45) is 0.758. The highest BCUT2D eigenvalue weighted by atomic mass is 16.4. The smallest absolute Gasteiger partial charge is 0.326 e. The molecule has 6 nitrogen and oxygen atoms in total. The number of aliphatic hydroxyl groups is 1. The Hall–Kier alpha value is -2.47. The van der Waals surface area contributed by atoms with Gasteiger partial charge in [-0.25, -0.2) is 4.79 Å². The van der Waals surface area contributed by atoms with Crippen LogP contribution in [0.3, 0.4) is 0 Å². The van der Waals surface area contributed by atoms with Crippen LogP contribution in [-0.4, -0.2) is 50.7 Å². The van der Waals surface area contributed by atoms with Gasteiger partial charge in [-0.15, -0.1) is 0 Å². The molecule has 1 amide bonds. The molecule has 0 saturated carbocycles. The summed E-state index contributed by atoms with van der Waals surface area (Å²) in [6, 6.07) is 8.08. The van der Waals surface area contributed by atoms with Crippen LogP contribution in [0.1, 0.15) is 16.9 Å². The summed E-state index contributed by atoms with van der Waals surface area (Å²) in [5.41, 5.74) is 0.216. The second-order valence-electron chi connectivity index (χ2n) is 5.08. The number of carbonyl (C=O) groups is 2. The van der Waals surface area contributed by atoms with Gasteiger partial charge in [-0.2, -0.15) is 0 Å². The molecule has 0 aliphatic carbocycles. The van der Waals surface area contributed by atoms with Gasteiger partial charge in [0.05, 0.1) is 6.10 Å². The molecule has 3 rings (SSSR count). The second-order valence-corrected chi connectivity index (χ2v) is 5.08. The summed E-state index contributed by atoms with van der Waals surface area (Å²) in [5, 5.41) is 20.4. The van der Waals surface area contributed by atoms with Gasteiger partial charge < -0.3 is 15.1 Å². The lowest BCUT2D eigenvalue weighted by Crippen LogP contribution is -2.41. The molecule has 0 unspecified atom stereocenters. The Morgan fingerprint density at radius 3 is 2.76 bits per heavy atom. The first-order chi connectivity index (χ1) is 10.1. The van der Waals surface area contributed by atoms with Crippen molar-refractivity contribution in [1.29, 1.82) is 0 Å². The molecule has 108 valence electrons. The van der Waals surface area contributed by atoms with Crippen molar-refractivity contribution in [2.45, 2.75) is 18.6 Å². The predicted octanol–water partition coefficient (Wildman–Crippen LogP) is 0.895. The Morgan fingerprint density at radius 1 is 1.24 bits per heavy atom. The highest BCUT2D eigenvalue weighted by Gasteiger charge is 2.39. The minimum atomic E-state index is -1.11. The van der Waals surface area contributed by atoms with Gasteiger partial charge >= 0.3 is 5.97 Å². The topological polar surface area (TPSA) is 90.7 Å². The third-order valence-electron chi connectivity index (χ3n) is 3.70. The largest absolute Gasteiger partial charge is 0.480 e. The Morgan fingerprint density at radius 2 is 2.00 bits per heavy atom. The van der Waals surface area contributed by atoms with Crippen molar-refractivity contribution in [3.8, 4) is 0 Å². The number of carbonyl (C=O) groups excluding carboxylic acids is 1. The number of carboxylic acids is 1. The van der Waals surface area contributed by atoms with Gasteiger partial charge in [0, 0.05) is 24.5 Å². The van der Waals surface area contributed by atoms with Crippen molar-refractivity contribution in [2.24, 2.45) is 0 Å². The number of pyridine rings is 1. The van der Waals surface area contributed by atoms with Crippen LogP contribution in [0, 0.1) is 0 Å². The molecule has 1 aromatic heterocycles. The van der Waals surface area contributed by atoms with E-state index < -0.39 is 24.0 Å². The van der Waals surface area contributed by atoms with Gasteiger partial charge in [-0.1, -0.05) is 24.3 Å². The van der Waals surface area contributed by atoms with Crippen molar-refractivity contribution in [3.63, 3.8) is 0 Å². The predicted molar refractivity (Wildman–Crippen MR) is 74.8 cm³/mol. The first-order valence-corrected chi connectivity index (χ1v) is 6.63. The molecule has 1 saturated heterocycles. The van der Waals surface area contributed by atoms with Crippen LogP contribution in [-0.2, 0) is 4.79 Å². The summed E-state index contributed by atoms with van der Waals surface area (Å²) in [4.78, 5) is 29.1. The first-order valence-electron chi connectivity index (χ1n) is 6.63. The standard InChI is InChI=1S/C15H14N2O4/c18-10-7-12(15(20)21)17(8-10)14(19)13-11-4-2-1-3-9(11)5-6-16-13/h1-6,10,12,18H,7-8H2,(H,20,21)/t10-,12-/m0/s1. The zero-order valence-corrected chi connectivity index (χ0v) is 11.1. The lowest BCUT2D eigenvalue weighted by atomic mass is 10.1. The molecule has 0 bridgehead atoms. The summed E-state index contributed by atoms with van der Waals surface area (Å²) < 4.78 is 0. The number of aliphatic carboxylic acids is 1. The van der Waals surface area contributed by atoms with Crippen LogP contribution in [0.4, 0.5) is 0 Å². The number of aromatic nitrogens is 1. The number of hydrogen-bond acceptors (Lipinski definition) is 4. The van der Waals surface area contributed by atoms with E-state index in [0.717, 1.165) is 5.39 Å². The summed E-state index contributed by atoms with van der Waals surface area (Å²) in [6.45, 7) is 0.0146. The van der Waals surface area contributed by atoms with Crippen molar-refractivity contribution >= 4 is 22.6 Å². The molecule has 0 radical (unpaired) electrons. The van der Waals surface area contributed by atoms with Gasteiger partial charge in [-0.3, -0.25) is 9.78 Å². The van der Waals surface area contributed by atoms with Crippen molar-refractivity contribution < 1.29 is 19.8 Å². The van der Waals surface area contributed by atoms with E-state index in [1.807, 2.05) is 12.1 Å². The van der Waals surface area contributed by atoms with Crippen LogP contribution in [0.25, 0.3) is 10.8 Å². The summed E-state index contributed by atoms with van der Waals surface area (Å²) >= 11 is 0. The fourth-order valence-corrected chi connectivity index (χ4v) is 2.70. The molecule has 0 spiro atoms. The molecule has 1 fully saturated rings. The van der Waals surface area contributed by atoms with E-state index in [-0.39, 0.29) is 18.7 Å². The highest BCUT2D eigenvalue weighted by Crippen LogP contribution is 2.23. The monoisotopic (exact) mass is 286 g/mol. The molecule has 1 aromatic carbocycles. The molecule has 2 atom stereocenters. The van der Waals surface area contributed by atoms with Gasteiger partial charge in [0.1, 0.15) is 11.7 Å². The molecule has 21 heavy (non-hydrogen) atoms. The number of nitrogens with zero attached hydrogens (tertiary/aromatic N) is 2. The average Bonchev–Trinajstić information content (AvgIpc) is 2.88. The Labute approximate surface area is 120 Å². The third-order valence-corrected chi connectivity index (χ3v) is 3.70. The number of rotatable bonds is 2. The van der Waals surface area contributed by atoms with Crippen molar-refractivity contribution in [1.82, 2.24) is 9.88 Å². The normalized spacial score (nSPS) is 21.7. The lowest BCUT2D eigenvalue weighted by Gasteiger charge is -2.21. The van der Waals surface area contributed by atoms with E-state index >= 15 is 0 Å². The molecule has 6 heteroatoms. The molecular formula is C15H14N2O4. The van der Waals surface area contributed by atoms with E-state index in [1.165, 1.54) is 11.1 Å². The number of benzene rings is 1. The van der Waals surface area contributed by atoms with E-state index in [9.17, 15) is 19.8 Å². The molecule has 1 aliphatic heterocycles. The Balaban J connectivity index is 2.02. The fraction of sp³-hybridized carbons (Fsp3) is 0.267. The number of β-amino-alcohol motifs (C(OH)–C–C–N with tert-alkyl or cyclic N) is 1. The van der Waals surface area contributed by atoms with Crippen molar-refractivity contribution in [2.75, 3.05) is 6.54 Å². The number of fused-ring (bicyclic) bond motifs is 1. The zero-order chi connectivity index (χ0) is 15.0. The lowest BCUT2D eigenvalue weighted by molar-refractivity contribution is -0.141. The van der Waals surface area contributed by atoms with Gasteiger partial charge in [0.2, 0.25) is 0 Å². The maximum atomic E-state index is 12.6. The van der Waals surface area contributed by atoms with Crippen LogP contribution in [0.5, 0.6) is 0 Å². The number of carboxylic acid groups (broad SMARTS) is 1. The highest BCUT2D eigenvalue weighted by molar-refractivity contribution is 6.06. The molecule has 2 N–H and O–H groups in total. The Kier molecular flexibility index (Phi) is 3.31. The number of hydrogen-bond donors (Lipinski definition) is 2. The maximum absolute atomic E-state index is 12.6. The van der Waals surface area contributed by atoms with E-state index in [1.54, 1.807) is 18.2 Å². The fourth-order valence-electron chi connectivity index (χ4n) is 2.70. The minimum Gasteiger partial charge on any atom is -0.480 e. The maximum Gasteiger partial charge on any atom is 0.326 e. The first kappa shape index (κ1) is 13.5. The van der Waals surface area contributed by atoms with Gasteiger partial charge in [-0.05, 0) is 11.5 Å². The quantitative estimate of drug-likeness (QED) is 0.855. The number of likely N-dealkylation sites (tertiary alicyclic amines) is 1. The molecule has 2 heterocycles. The average molecular weight is 286 g/mol. The van der Waals surface area contributed by atoms with Crippen molar-refractivity contribution in [3.05, 3.63) is 42.2 Å². The number of aliphatic hydroxyl groups excluding tert-OH is 1. The Bertz CT molecular complexity index is 710. The molecule has 1 aliphatic rings. The summed E-state index contributed by atoms with van der Waals surface area (Å²) in [5.74, 6) is -1.57. The molecular weight excluding hydrogens is 272 g/mol. The second kappa shape index (κ2) is 5.14. The van der Waals surface area contributed by atoms with E-state index in [0.29, 0.717) is 5.39 Å². The van der Waals surface area contributed by atoms with Gasteiger partial charge in [0.25, 0.3) is 5.91 Å². The molecule has 2 aromatic rings. The third kappa shape index (κ3) is 2.34. The SMILES string of the molecule is O=C(O)[C@@H]1C[C@H](O)CN1C(=O)c1nccc2ccccc12. The van der Waals surface area contributed by atoms with E-state index in [4.69, 9.17) is 0 Å². The van der Waals surface area contributed by atoms with Crippen LogP contribution in [0.15, 0.2) is 36.5 Å². The van der Waals surface area contributed by atoms with Gasteiger partial charge in [0.15, 0.2) is 0 Å². The number of amides is 1. The zero-order valence-electron chi connectivity index (χ0n) is 11.1. The van der Waals surface area contributed by atoms with Crippen LogP contribution < -0.4 is 0 Å². The van der Waals surface area contributed by atoms with Crippen LogP contribution in [0.2, 0.25) is 0 Å². The minimum absolute atomic E-state index is 0.0146.